The zero-order chi connectivity index (χ0) is 13.3. The smallest absolute Gasteiger partial charge is 0.231 e. The van der Waals surface area contributed by atoms with E-state index < -0.39 is 0 Å². The van der Waals surface area contributed by atoms with Crippen molar-refractivity contribution in [1.29, 1.82) is 0 Å². The Labute approximate surface area is 118 Å². The molecule has 4 heteroatoms. The van der Waals surface area contributed by atoms with Gasteiger partial charge in [0.25, 0.3) is 0 Å². The first-order valence-corrected chi connectivity index (χ1v) is 7.64. The van der Waals surface area contributed by atoms with Crippen LogP contribution in [0.2, 0.25) is 0 Å². The molecule has 4 nitrogen and oxygen atoms in total. The molecule has 2 fully saturated rings. The Balaban J connectivity index is 1.59. The number of rotatable bonds is 0. The van der Waals surface area contributed by atoms with E-state index in [1.54, 1.807) is 0 Å². The number of hydrogen-bond donors (Lipinski definition) is 1. The number of aliphatic hydroxyl groups excluding tert-OH is 1. The Bertz CT molecular complexity index is 573. The van der Waals surface area contributed by atoms with Gasteiger partial charge in [0, 0.05) is 25.0 Å². The zero-order valence-electron chi connectivity index (χ0n) is 11.4. The van der Waals surface area contributed by atoms with Gasteiger partial charge in [0.1, 0.15) is 0 Å². The van der Waals surface area contributed by atoms with Gasteiger partial charge in [-0.1, -0.05) is 0 Å². The van der Waals surface area contributed by atoms with Gasteiger partial charge < -0.3 is 14.6 Å². The van der Waals surface area contributed by atoms with Crippen molar-refractivity contribution < 1.29 is 14.6 Å². The van der Waals surface area contributed by atoms with Gasteiger partial charge in [-0.25, -0.2) is 0 Å². The fraction of sp³-hybridized carbons (Fsp3) is 0.625. The summed E-state index contributed by atoms with van der Waals surface area (Å²) in [6.45, 7) is 2.52. The quantitative estimate of drug-likeness (QED) is 0.783. The highest BCUT2D eigenvalue weighted by molar-refractivity contribution is 5.51. The first kappa shape index (κ1) is 11.4. The van der Waals surface area contributed by atoms with E-state index in [0.717, 1.165) is 43.9 Å². The second-order valence-corrected chi connectivity index (χ2v) is 6.64. The molecule has 1 unspecified atom stereocenters. The van der Waals surface area contributed by atoms with Crippen molar-refractivity contribution in [2.24, 2.45) is 5.92 Å². The van der Waals surface area contributed by atoms with Crippen LogP contribution >= 0.6 is 0 Å². The Kier molecular flexibility index (Phi) is 2.22. The lowest BCUT2D eigenvalue weighted by Gasteiger charge is -2.33. The molecule has 3 aliphatic heterocycles. The van der Waals surface area contributed by atoms with Gasteiger partial charge in [0.2, 0.25) is 6.79 Å². The third-order valence-electron chi connectivity index (χ3n) is 5.66. The summed E-state index contributed by atoms with van der Waals surface area (Å²) >= 11 is 0. The van der Waals surface area contributed by atoms with Gasteiger partial charge in [0.15, 0.2) is 11.5 Å². The van der Waals surface area contributed by atoms with Gasteiger partial charge in [-0.2, -0.15) is 0 Å². The normalized spacial score (nSPS) is 40.4. The molecular formula is C16H19NO3. The summed E-state index contributed by atoms with van der Waals surface area (Å²) in [5, 5.41) is 10.0. The van der Waals surface area contributed by atoms with Crippen molar-refractivity contribution in [3.8, 4) is 11.5 Å². The second-order valence-electron chi connectivity index (χ2n) is 6.64. The number of aliphatic hydroxyl groups is 1. The number of hydrogen-bond acceptors (Lipinski definition) is 4. The van der Waals surface area contributed by atoms with Crippen LogP contribution in [0.5, 0.6) is 11.5 Å². The monoisotopic (exact) mass is 273 g/mol. The predicted octanol–water partition coefficient (Wildman–Crippen LogP) is 1.86. The van der Waals surface area contributed by atoms with Crippen molar-refractivity contribution in [3.05, 3.63) is 23.3 Å². The fourth-order valence-corrected chi connectivity index (χ4v) is 4.79. The minimum absolute atomic E-state index is 0.103. The van der Waals surface area contributed by atoms with E-state index in [9.17, 15) is 5.11 Å². The summed E-state index contributed by atoms with van der Waals surface area (Å²) in [4.78, 5) is 2.62. The van der Waals surface area contributed by atoms with E-state index in [0.29, 0.717) is 24.7 Å². The van der Waals surface area contributed by atoms with E-state index in [1.807, 2.05) is 0 Å². The second kappa shape index (κ2) is 3.89. The minimum Gasteiger partial charge on any atom is -0.454 e. The van der Waals surface area contributed by atoms with Crippen LogP contribution in [0.15, 0.2) is 12.1 Å². The van der Waals surface area contributed by atoms with Crippen molar-refractivity contribution in [2.45, 2.75) is 43.9 Å². The number of ether oxygens (including phenoxy) is 2. The Morgan fingerprint density at radius 3 is 2.90 bits per heavy atom. The number of nitrogens with zero attached hydrogens (tertiary/aromatic N) is 1. The van der Waals surface area contributed by atoms with Gasteiger partial charge in [-0.15, -0.1) is 0 Å². The van der Waals surface area contributed by atoms with Gasteiger partial charge in [-0.3, -0.25) is 4.90 Å². The van der Waals surface area contributed by atoms with Crippen LogP contribution in [0.4, 0.5) is 0 Å². The molecule has 5 rings (SSSR count). The molecule has 1 saturated carbocycles. The highest BCUT2D eigenvalue weighted by Gasteiger charge is 2.48. The molecule has 4 aliphatic rings. The molecule has 1 aliphatic carbocycles. The summed E-state index contributed by atoms with van der Waals surface area (Å²) in [5.41, 5.74) is 2.83. The molecule has 0 aromatic heterocycles. The molecule has 20 heavy (non-hydrogen) atoms. The van der Waals surface area contributed by atoms with Crippen LogP contribution in [-0.2, 0) is 6.54 Å². The maximum Gasteiger partial charge on any atom is 0.231 e. The molecule has 0 amide bonds. The average Bonchev–Trinajstić information content (AvgIpc) is 3.00. The van der Waals surface area contributed by atoms with E-state index in [1.165, 1.54) is 11.1 Å². The molecule has 2 bridgehead atoms. The SMILES string of the molecule is O[C@H]1CC[C@H]2[C@@H](C1)[C@H]1CN2Cc2cc3c(cc21)OCO3. The predicted molar refractivity (Wildman–Crippen MR) is 72.9 cm³/mol. The molecule has 0 radical (unpaired) electrons. The fourth-order valence-electron chi connectivity index (χ4n) is 4.79. The van der Waals surface area contributed by atoms with Crippen LogP contribution in [0, 0.1) is 5.92 Å². The third kappa shape index (κ3) is 1.44. The van der Waals surface area contributed by atoms with Crippen molar-refractivity contribution >= 4 is 0 Å². The van der Waals surface area contributed by atoms with E-state index in [-0.39, 0.29) is 6.10 Å². The van der Waals surface area contributed by atoms with Gasteiger partial charge >= 0.3 is 0 Å². The Hall–Kier alpha value is -1.26. The van der Waals surface area contributed by atoms with Crippen LogP contribution < -0.4 is 9.47 Å². The topological polar surface area (TPSA) is 41.9 Å². The third-order valence-corrected chi connectivity index (χ3v) is 5.66. The number of benzene rings is 1. The Morgan fingerprint density at radius 2 is 2.00 bits per heavy atom. The zero-order valence-corrected chi connectivity index (χ0v) is 11.4. The lowest BCUT2D eigenvalue weighted by Crippen LogP contribution is -2.37. The van der Waals surface area contributed by atoms with Crippen LogP contribution in [0.1, 0.15) is 36.3 Å². The molecule has 0 spiro atoms. The summed E-state index contributed by atoms with van der Waals surface area (Å²) in [7, 11) is 0. The van der Waals surface area contributed by atoms with Gasteiger partial charge in [-0.05, 0) is 48.4 Å². The number of fused-ring (bicyclic) bond motifs is 8. The lowest BCUT2D eigenvalue weighted by molar-refractivity contribution is 0.0674. The summed E-state index contributed by atoms with van der Waals surface area (Å²) < 4.78 is 11.1. The highest BCUT2D eigenvalue weighted by Crippen LogP contribution is 2.51. The maximum atomic E-state index is 10.0. The molecule has 1 aromatic rings. The first-order chi connectivity index (χ1) is 9.79. The molecule has 1 saturated heterocycles. The van der Waals surface area contributed by atoms with Crippen molar-refractivity contribution in [1.82, 2.24) is 4.90 Å². The maximum absolute atomic E-state index is 10.0. The summed E-state index contributed by atoms with van der Waals surface area (Å²) in [5.74, 6) is 2.97. The molecule has 1 N–H and O–H groups in total. The molecule has 5 atom stereocenters. The van der Waals surface area contributed by atoms with E-state index >= 15 is 0 Å². The molecule has 1 aromatic carbocycles. The minimum atomic E-state index is -0.103. The largest absolute Gasteiger partial charge is 0.454 e. The average molecular weight is 273 g/mol. The Morgan fingerprint density at radius 1 is 1.15 bits per heavy atom. The molecule has 106 valence electrons. The van der Waals surface area contributed by atoms with E-state index in [2.05, 4.69) is 17.0 Å². The summed E-state index contributed by atoms with van der Waals surface area (Å²) in [6, 6.07) is 5.03. The first-order valence-electron chi connectivity index (χ1n) is 7.64. The highest BCUT2D eigenvalue weighted by atomic mass is 16.7. The molecule has 3 heterocycles. The standard InChI is InChI=1S/C16H19NO3/c18-10-1-2-14-12(4-10)13-7-17(14)6-9-3-15-16(5-11(9)13)20-8-19-15/h3,5,10,12-14,18H,1-2,4,6-8H2/t10-,12-,13-,14-/m0/s1. The summed E-state index contributed by atoms with van der Waals surface area (Å²) in [6.07, 6.45) is 2.96. The van der Waals surface area contributed by atoms with Crippen LogP contribution in [0.3, 0.4) is 0 Å². The van der Waals surface area contributed by atoms with Gasteiger partial charge in [0.05, 0.1) is 6.10 Å². The molecular weight excluding hydrogens is 254 g/mol. The lowest BCUT2D eigenvalue weighted by atomic mass is 9.75. The van der Waals surface area contributed by atoms with Crippen LogP contribution in [-0.4, -0.2) is 35.5 Å². The van der Waals surface area contributed by atoms with Crippen molar-refractivity contribution in [2.75, 3.05) is 13.3 Å². The van der Waals surface area contributed by atoms with Crippen molar-refractivity contribution in [3.63, 3.8) is 0 Å². The van der Waals surface area contributed by atoms with Crippen LogP contribution in [0.25, 0.3) is 0 Å². The van der Waals surface area contributed by atoms with E-state index in [4.69, 9.17) is 9.47 Å².